The first-order chi connectivity index (χ1) is 20.5. The van der Waals surface area contributed by atoms with Gasteiger partial charge in [0.05, 0.1) is 10.6 Å². The molecule has 1 aliphatic rings. The Balaban J connectivity index is 1.52. The summed E-state index contributed by atoms with van der Waals surface area (Å²) < 4.78 is 101. The number of hydrogen-bond donors (Lipinski definition) is 0. The molecule has 0 radical (unpaired) electrons. The van der Waals surface area contributed by atoms with E-state index >= 15 is 0 Å². The van der Waals surface area contributed by atoms with E-state index in [-0.39, 0.29) is 12.0 Å². The number of aromatic nitrogens is 1. The molecule has 17 heteroatoms. The van der Waals surface area contributed by atoms with Gasteiger partial charge in [0, 0.05) is 29.1 Å². The lowest BCUT2D eigenvalue weighted by molar-refractivity contribution is -1.02. The molecular weight excluding hydrogens is 640 g/mol. The van der Waals surface area contributed by atoms with Crippen molar-refractivity contribution in [1.29, 1.82) is 0 Å². The van der Waals surface area contributed by atoms with Crippen LogP contribution in [0.25, 0.3) is 10.1 Å². The summed E-state index contributed by atoms with van der Waals surface area (Å²) in [5.41, 5.74) is -4.57. The average molecular weight is 659 g/mol. The van der Waals surface area contributed by atoms with Gasteiger partial charge in [-0.3, -0.25) is 14.6 Å². The molecule has 4 aromatic rings. The minimum atomic E-state index is -5.77. The molecule has 3 heterocycles. The number of thiophene rings is 1. The summed E-state index contributed by atoms with van der Waals surface area (Å²) >= 11 is 1.46. The topological polar surface area (TPSA) is 111 Å². The number of pyridine rings is 1. The number of hydrogen-bond acceptors (Lipinski definition) is 8. The number of carbonyl (C=O) groups excluding carboxylic acids is 3. The molecule has 5 rings (SSSR count). The number of amides is 3. The Morgan fingerprint density at radius 2 is 1.64 bits per heavy atom. The zero-order valence-electron chi connectivity index (χ0n) is 21.9. The molecule has 1 saturated heterocycles. The summed E-state index contributed by atoms with van der Waals surface area (Å²) in [5.74, 6) is -3.91. The van der Waals surface area contributed by atoms with Gasteiger partial charge in [-0.05, 0) is 62.9 Å². The van der Waals surface area contributed by atoms with Crippen LogP contribution in [0.4, 0.5) is 36.8 Å². The van der Waals surface area contributed by atoms with Gasteiger partial charge >= 0.3 is 23.7 Å². The molecule has 9 nitrogen and oxygen atoms in total. The number of rotatable bonds is 7. The largest absolute Gasteiger partial charge is 0.501 e. The zero-order chi connectivity index (χ0) is 32.1. The summed E-state index contributed by atoms with van der Waals surface area (Å²) in [6, 6.07) is 9.78. The van der Waals surface area contributed by atoms with Gasteiger partial charge in [0.15, 0.2) is 6.54 Å². The summed E-state index contributed by atoms with van der Waals surface area (Å²) in [6.07, 6.45) is -2.61. The lowest BCUT2D eigenvalue weighted by atomic mass is 10.0. The number of benzene rings is 2. The fourth-order valence-corrected chi connectivity index (χ4v) is 6.39. The summed E-state index contributed by atoms with van der Waals surface area (Å²) in [4.78, 5) is 46.6. The van der Waals surface area contributed by atoms with E-state index in [1.54, 1.807) is 0 Å². The van der Waals surface area contributed by atoms with Gasteiger partial charge in [-0.25, -0.2) is 18.0 Å². The van der Waals surface area contributed by atoms with E-state index in [4.69, 9.17) is 0 Å². The molecule has 230 valence electrons. The van der Waals surface area contributed by atoms with Crippen LogP contribution < -0.4 is 4.90 Å². The second-order valence-corrected chi connectivity index (χ2v) is 12.5. The van der Waals surface area contributed by atoms with Crippen molar-refractivity contribution in [3.8, 4) is 0 Å². The summed E-state index contributed by atoms with van der Waals surface area (Å²) in [5, 5.41) is 2.79. The predicted molar refractivity (Wildman–Crippen MR) is 142 cm³/mol. The van der Waals surface area contributed by atoms with Crippen LogP contribution in [0, 0.1) is 0 Å². The van der Waals surface area contributed by atoms with Crippen molar-refractivity contribution >= 4 is 54.9 Å². The van der Waals surface area contributed by atoms with Crippen LogP contribution in [-0.4, -0.2) is 54.2 Å². The minimum Gasteiger partial charge on any atom is -0.267 e. The lowest BCUT2D eigenvalue weighted by Crippen LogP contribution is -2.53. The number of hydroxylamine groups is 3. The minimum absolute atomic E-state index is 0.222. The van der Waals surface area contributed by atoms with Crippen LogP contribution in [0.5, 0.6) is 0 Å². The number of urea groups is 1. The Labute approximate surface area is 248 Å². The molecular formula is C27H18F6N3O6S2+. The highest BCUT2D eigenvalue weighted by molar-refractivity contribution is 7.92. The van der Waals surface area contributed by atoms with Crippen LogP contribution in [0.15, 0.2) is 77.3 Å². The van der Waals surface area contributed by atoms with E-state index < -0.39 is 67.7 Å². The molecule has 0 bridgehead atoms. The summed E-state index contributed by atoms with van der Waals surface area (Å²) in [6.45, 7) is -1.82. The van der Waals surface area contributed by atoms with Gasteiger partial charge in [0.1, 0.15) is 0 Å². The molecule has 2 aromatic carbocycles. The quantitative estimate of drug-likeness (QED) is 0.143. The first-order valence-corrected chi connectivity index (χ1v) is 14.7. The molecule has 44 heavy (non-hydrogen) atoms. The van der Waals surface area contributed by atoms with Crippen molar-refractivity contribution in [2.75, 3.05) is 11.4 Å². The number of carbonyl (C=O) groups is 3. The molecule has 0 saturated carbocycles. The maximum atomic E-state index is 13.7. The van der Waals surface area contributed by atoms with Gasteiger partial charge < -0.3 is 0 Å². The molecule has 0 spiro atoms. The SMILES string of the molecule is O=C1C[N+](Cc2ccncc2Cc2csc3ccccc23)(OC(=O)C(F)(F)F)C(=O)N1c1ccc(S(=O)(=O)C(F)(F)F)cc1. The van der Waals surface area contributed by atoms with Crippen LogP contribution in [-0.2, 0) is 37.2 Å². The number of quaternary nitrogens is 1. The van der Waals surface area contributed by atoms with E-state index in [1.807, 2.05) is 29.6 Å². The molecule has 1 atom stereocenters. The van der Waals surface area contributed by atoms with Gasteiger partial charge in [-0.15, -0.1) is 11.3 Å². The van der Waals surface area contributed by atoms with Gasteiger partial charge in [-0.1, -0.05) is 18.2 Å². The van der Waals surface area contributed by atoms with Crippen LogP contribution >= 0.6 is 11.3 Å². The monoisotopic (exact) mass is 658 g/mol. The van der Waals surface area contributed by atoms with E-state index in [0.29, 0.717) is 34.7 Å². The zero-order valence-corrected chi connectivity index (χ0v) is 23.6. The third-order valence-electron chi connectivity index (χ3n) is 6.75. The highest BCUT2D eigenvalue weighted by Crippen LogP contribution is 2.36. The number of nitrogens with zero attached hydrogens (tertiary/aromatic N) is 3. The van der Waals surface area contributed by atoms with E-state index in [1.165, 1.54) is 29.8 Å². The highest BCUT2D eigenvalue weighted by atomic mass is 32.2. The van der Waals surface area contributed by atoms with Crippen molar-refractivity contribution in [1.82, 2.24) is 4.98 Å². The van der Waals surface area contributed by atoms with E-state index in [2.05, 4.69) is 9.82 Å². The second kappa shape index (κ2) is 11.0. The Hall–Kier alpha value is -4.35. The second-order valence-electron chi connectivity index (χ2n) is 9.62. The van der Waals surface area contributed by atoms with Crippen molar-refractivity contribution in [3.05, 3.63) is 89.1 Å². The fourth-order valence-electron chi connectivity index (χ4n) is 4.67. The molecule has 1 aliphatic heterocycles. The summed E-state index contributed by atoms with van der Waals surface area (Å²) in [7, 11) is -5.77. The number of fused-ring (bicyclic) bond motifs is 1. The smallest absolute Gasteiger partial charge is 0.267 e. The van der Waals surface area contributed by atoms with Crippen LogP contribution in [0.2, 0.25) is 0 Å². The first kappa shape index (κ1) is 31.1. The number of anilines is 1. The first-order valence-electron chi connectivity index (χ1n) is 12.4. The number of imide groups is 1. The third-order valence-corrected chi connectivity index (χ3v) is 9.27. The Bertz CT molecular complexity index is 1890. The molecule has 0 aliphatic carbocycles. The molecule has 1 unspecified atom stereocenters. The molecule has 2 aromatic heterocycles. The van der Waals surface area contributed by atoms with Crippen molar-refractivity contribution in [3.63, 3.8) is 0 Å². The van der Waals surface area contributed by atoms with E-state index in [0.717, 1.165) is 15.6 Å². The van der Waals surface area contributed by atoms with Crippen LogP contribution in [0.3, 0.4) is 0 Å². The van der Waals surface area contributed by atoms with Crippen molar-refractivity contribution in [2.24, 2.45) is 0 Å². The van der Waals surface area contributed by atoms with Gasteiger partial charge in [0.2, 0.25) is 6.54 Å². The lowest BCUT2D eigenvalue weighted by Gasteiger charge is -2.27. The normalized spacial score (nSPS) is 17.8. The maximum Gasteiger partial charge on any atom is 0.501 e. The Morgan fingerprint density at radius 1 is 0.955 bits per heavy atom. The van der Waals surface area contributed by atoms with Crippen LogP contribution in [0.1, 0.15) is 16.7 Å². The molecule has 1 fully saturated rings. The van der Waals surface area contributed by atoms with Crippen molar-refractivity contribution in [2.45, 2.75) is 29.5 Å². The average Bonchev–Trinajstić information content (AvgIpc) is 3.46. The molecule has 3 amide bonds. The highest BCUT2D eigenvalue weighted by Gasteiger charge is 2.60. The maximum absolute atomic E-state index is 13.7. The van der Waals surface area contributed by atoms with Gasteiger partial charge in [-0.2, -0.15) is 31.2 Å². The Morgan fingerprint density at radius 3 is 2.30 bits per heavy atom. The Kier molecular flexibility index (Phi) is 7.75. The molecule has 0 N–H and O–H groups in total. The fraction of sp³-hybridized carbons (Fsp3) is 0.185. The predicted octanol–water partition coefficient (Wildman–Crippen LogP) is 5.68. The number of alkyl halides is 6. The third kappa shape index (κ3) is 5.65. The standard InChI is InChI=1S/C27H18F6N3O6S2/c28-26(29,30)24(38)42-36(13-16-9-10-34-12-17(16)11-18-15-43-22-4-2-1-3-21(18)22)14-23(37)35(25(36)39)19-5-7-20(8-6-19)44(40,41)27(31,32)33/h1-10,12,15H,11,13-14H2/q+1. The van der Waals surface area contributed by atoms with Gasteiger partial charge in [0.25, 0.3) is 15.7 Å². The van der Waals surface area contributed by atoms with E-state index in [9.17, 15) is 49.1 Å². The number of halogens is 6. The van der Waals surface area contributed by atoms with Crippen molar-refractivity contribution < 1.29 is 58.6 Å². The number of sulfone groups is 1.